The van der Waals surface area contributed by atoms with E-state index in [4.69, 9.17) is 11.6 Å². The van der Waals surface area contributed by atoms with Crippen molar-refractivity contribution in [3.8, 4) is 0 Å². The Morgan fingerprint density at radius 2 is 1.81 bits per heavy atom. The number of amides is 2. The number of likely N-dealkylation sites (tertiary alicyclic amines) is 1. The number of nitrogens with zero attached hydrogens (tertiary/aromatic N) is 1. The Morgan fingerprint density at radius 3 is 2.33 bits per heavy atom. The molecule has 1 aromatic rings. The van der Waals surface area contributed by atoms with Crippen LogP contribution >= 0.6 is 11.6 Å². The third-order valence-corrected chi connectivity index (χ3v) is 4.27. The van der Waals surface area contributed by atoms with Gasteiger partial charge in [0.15, 0.2) is 0 Å². The zero-order chi connectivity index (χ0) is 15.5. The minimum absolute atomic E-state index is 0.0976. The van der Waals surface area contributed by atoms with Crippen molar-refractivity contribution in [2.45, 2.75) is 18.9 Å². The molecule has 1 heterocycles. The van der Waals surface area contributed by atoms with E-state index in [1.54, 1.807) is 29.2 Å². The monoisotopic (exact) mass is 331 g/mol. The molecule has 0 aromatic heterocycles. The number of benzene rings is 1. The molecule has 0 aliphatic carbocycles. The first kappa shape index (κ1) is 16.1. The lowest BCUT2D eigenvalue weighted by molar-refractivity contribution is 0.193. The summed E-state index contributed by atoms with van der Waals surface area (Å²) in [7, 11) is -3.20. The van der Waals surface area contributed by atoms with E-state index in [1.165, 1.54) is 0 Å². The summed E-state index contributed by atoms with van der Waals surface area (Å²) in [6.07, 6.45) is 2.37. The van der Waals surface area contributed by atoms with E-state index in [2.05, 4.69) is 10.0 Å². The van der Waals surface area contributed by atoms with Crippen molar-refractivity contribution in [1.29, 1.82) is 0 Å². The fourth-order valence-electron chi connectivity index (χ4n) is 2.24. The second-order valence-corrected chi connectivity index (χ2v) is 7.30. The molecule has 1 saturated heterocycles. The lowest BCUT2D eigenvalue weighted by Crippen LogP contribution is -2.47. The molecule has 1 fully saturated rings. The highest BCUT2D eigenvalue weighted by molar-refractivity contribution is 7.88. The van der Waals surface area contributed by atoms with E-state index in [0.29, 0.717) is 36.6 Å². The highest BCUT2D eigenvalue weighted by atomic mass is 35.5. The van der Waals surface area contributed by atoms with E-state index < -0.39 is 10.0 Å². The van der Waals surface area contributed by atoms with Crippen molar-refractivity contribution in [2.75, 3.05) is 24.7 Å². The van der Waals surface area contributed by atoms with Crippen LogP contribution in [0.4, 0.5) is 10.5 Å². The standard InChI is InChI=1S/C13H18ClN3O3S/c1-21(19,20)16-12-6-8-17(9-7-12)13(18)15-11-4-2-10(14)3-5-11/h2-5,12,16H,6-9H2,1H3,(H,15,18). The minimum Gasteiger partial charge on any atom is -0.324 e. The number of nitrogens with one attached hydrogen (secondary N) is 2. The van der Waals surface area contributed by atoms with Crippen LogP contribution in [-0.2, 0) is 10.0 Å². The maximum absolute atomic E-state index is 12.1. The van der Waals surface area contributed by atoms with Gasteiger partial charge in [-0.15, -0.1) is 0 Å². The number of piperidine rings is 1. The molecule has 1 aromatic carbocycles. The van der Waals surface area contributed by atoms with Gasteiger partial charge < -0.3 is 10.2 Å². The van der Waals surface area contributed by atoms with E-state index in [1.807, 2.05) is 0 Å². The molecule has 0 radical (unpaired) electrons. The molecule has 2 amide bonds. The quantitative estimate of drug-likeness (QED) is 0.887. The summed E-state index contributed by atoms with van der Waals surface area (Å²) in [4.78, 5) is 13.8. The van der Waals surface area contributed by atoms with Gasteiger partial charge in [0, 0.05) is 29.8 Å². The predicted molar refractivity (Wildman–Crippen MR) is 83.0 cm³/mol. The highest BCUT2D eigenvalue weighted by Crippen LogP contribution is 2.16. The third kappa shape index (κ3) is 5.18. The number of halogens is 1. The van der Waals surface area contributed by atoms with Crippen LogP contribution in [0.2, 0.25) is 5.02 Å². The number of carbonyl (C=O) groups is 1. The van der Waals surface area contributed by atoms with Gasteiger partial charge in [0.1, 0.15) is 0 Å². The third-order valence-electron chi connectivity index (χ3n) is 3.26. The highest BCUT2D eigenvalue weighted by Gasteiger charge is 2.24. The molecule has 8 heteroatoms. The van der Waals surface area contributed by atoms with Crippen molar-refractivity contribution >= 4 is 33.3 Å². The van der Waals surface area contributed by atoms with Crippen LogP contribution in [-0.4, -0.2) is 44.7 Å². The summed E-state index contributed by atoms with van der Waals surface area (Å²) in [5.74, 6) is 0. The molecular formula is C13H18ClN3O3S. The van der Waals surface area contributed by atoms with Crippen LogP contribution in [0.15, 0.2) is 24.3 Å². The lowest BCUT2D eigenvalue weighted by atomic mass is 10.1. The number of hydrogen-bond donors (Lipinski definition) is 2. The normalized spacial score (nSPS) is 16.8. The van der Waals surface area contributed by atoms with Crippen LogP contribution in [0.5, 0.6) is 0 Å². The van der Waals surface area contributed by atoms with Gasteiger partial charge in [-0.05, 0) is 37.1 Å². The van der Waals surface area contributed by atoms with Crippen LogP contribution in [0.3, 0.4) is 0 Å². The SMILES string of the molecule is CS(=O)(=O)NC1CCN(C(=O)Nc2ccc(Cl)cc2)CC1. The molecule has 1 aliphatic heterocycles. The fraction of sp³-hybridized carbons (Fsp3) is 0.462. The summed E-state index contributed by atoms with van der Waals surface area (Å²) >= 11 is 5.79. The molecule has 0 saturated carbocycles. The zero-order valence-electron chi connectivity index (χ0n) is 11.7. The van der Waals surface area contributed by atoms with E-state index in [9.17, 15) is 13.2 Å². The largest absolute Gasteiger partial charge is 0.324 e. The molecule has 0 unspecified atom stereocenters. The molecule has 2 N–H and O–H groups in total. The zero-order valence-corrected chi connectivity index (χ0v) is 13.2. The summed E-state index contributed by atoms with van der Waals surface area (Å²) in [5, 5.41) is 3.40. The average Bonchev–Trinajstić information content (AvgIpc) is 2.40. The predicted octanol–water partition coefficient (Wildman–Crippen LogP) is 1.89. The van der Waals surface area contributed by atoms with Crippen molar-refractivity contribution in [3.05, 3.63) is 29.3 Å². The van der Waals surface area contributed by atoms with Crippen molar-refractivity contribution in [1.82, 2.24) is 9.62 Å². The second kappa shape index (κ2) is 6.64. The van der Waals surface area contributed by atoms with Crippen molar-refractivity contribution < 1.29 is 13.2 Å². The number of urea groups is 1. The summed E-state index contributed by atoms with van der Waals surface area (Å²) in [6.45, 7) is 1.04. The Morgan fingerprint density at radius 1 is 1.24 bits per heavy atom. The summed E-state index contributed by atoms with van der Waals surface area (Å²) in [5.41, 5.74) is 0.681. The van der Waals surface area contributed by atoms with Gasteiger partial charge in [0.05, 0.1) is 6.26 Å². The molecule has 116 valence electrons. The van der Waals surface area contributed by atoms with Crippen LogP contribution < -0.4 is 10.0 Å². The van der Waals surface area contributed by atoms with Crippen LogP contribution in [0.1, 0.15) is 12.8 Å². The summed E-state index contributed by atoms with van der Waals surface area (Å²) < 4.78 is 24.9. The second-order valence-electron chi connectivity index (χ2n) is 5.09. The van der Waals surface area contributed by atoms with Gasteiger partial charge in [-0.1, -0.05) is 11.6 Å². The first-order valence-corrected chi connectivity index (χ1v) is 8.89. The number of sulfonamides is 1. The smallest absolute Gasteiger partial charge is 0.321 e. The van der Waals surface area contributed by atoms with E-state index in [-0.39, 0.29) is 12.1 Å². The Labute approximate surface area is 129 Å². The molecule has 21 heavy (non-hydrogen) atoms. The Balaban J connectivity index is 1.84. The van der Waals surface area contributed by atoms with Crippen molar-refractivity contribution in [3.63, 3.8) is 0 Å². The first-order chi connectivity index (χ1) is 9.83. The van der Waals surface area contributed by atoms with Gasteiger partial charge in [-0.3, -0.25) is 0 Å². The average molecular weight is 332 g/mol. The van der Waals surface area contributed by atoms with E-state index in [0.717, 1.165) is 6.26 Å². The van der Waals surface area contributed by atoms with Gasteiger partial charge in [0.2, 0.25) is 10.0 Å². The van der Waals surface area contributed by atoms with Gasteiger partial charge in [0.25, 0.3) is 0 Å². The maximum Gasteiger partial charge on any atom is 0.321 e. The number of anilines is 1. The van der Waals surface area contributed by atoms with Crippen LogP contribution in [0, 0.1) is 0 Å². The topological polar surface area (TPSA) is 78.5 Å². The number of rotatable bonds is 3. The molecule has 0 atom stereocenters. The number of carbonyl (C=O) groups excluding carboxylic acids is 1. The molecular weight excluding hydrogens is 314 g/mol. The van der Waals surface area contributed by atoms with Gasteiger partial charge >= 0.3 is 6.03 Å². The maximum atomic E-state index is 12.1. The lowest BCUT2D eigenvalue weighted by Gasteiger charge is -2.32. The Kier molecular flexibility index (Phi) is 5.08. The minimum atomic E-state index is -3.20. The van der Waals surface area contributed by atoms with Crippen molar-refractivity contribution in [2.24, 2.45) is 0 Å². The Bertz CT molecular complexity index is 596. The Hall–Kier alpha value is -1.31. The molecule has 0 bridgehead atoms. The van der Waals surface area contributed by atoms with Gasteiger partial charge in [-0.2, -0.15) is 0 Å². The summed E-state index contributed by atoms with van der Waals surface area (Å²) in [6, 6.07) is 6.60. The molecule has 6 nitrogen and oxygen atoms in total. The fourth-order valence-corrected chi connectivity index (χ4v) is 3.21. The molecule has 0 spiro atoms. The molecule has 1 aliphatic rings. The van der Waals surface area contributed by atoms with E-state index >= 15 is 0 Å². The molecule has 2 rings (SSSR count). The van der Waals surface area contributed by atoms with Gasteiger partial charge in [-0.25, -0.2) is 17.9 Å². The van der Waals surface area contributed by atoms with Crippen LogP contribution in [0.25, 0.3) is 0 Å². The first-order valence-electron chi connectivity index (χ1n) is 6.62. The number of hydrogen-bond acceptors (Lipinski definition) is 3.